The highest BCUT2D eigenvalue weighted by Gasteiger charge is 2.19. The zero-order chi connectivity index (χ0) is 25.0. The molecule has 0 bridgehead atoms. The van der Waals surface area contributed by atoms with E-state index >= 15 is 0 Å². The van der Waals surface area contributed by atoms with Gasteiger partial charge in [0, 0.05) is 28.7 Å². The summed E-state index contributed by atoms with van der Waals surface area (Å²) < 4.78 is 27.9. The Labute approximate surface area is 211 Å². The summed E-state index contributed by atoms with van der Waals surface area (Å²) in [4.78, 5) is 10.1. The number of aliphatic imine (C=N–C) groups is 1. The van der Waals surface area contributed by atoms with Gasteiger partial charge in [-0.05, 0) is 56.3 Å². The quantitative estimate of drug-likeness (QED) is 0.286. The number of aromatic amines is 1. The zero-order valence-corrected chi connectivity index (χ0v) is 20.8. The van der Waals surface area contributed by atoms with Crippen LogP contribution in [-0.2, 0) is 10.0 Å². The maximum absolute atomic E-state index is 12.6. The van der Waals surface area contributed by atoms with E-state index in [-0.39, 0.29) is 11.6 Å². The first-order chi connectivity index (χ1) is 17.5. The second kappa shape index (κ2) is 10.6. The molecule has 0 spiro atoms. The lowest BCUT2D eigenvalue weighted by atomic mass is 10.0. The molecule has 7 nitrogen and oxygen atoms in total. The van der Waals surface area contributed by atoms with Crippen molar-refractivity contribution >= 4 is 38.0 Å². The number of piperidine rings is 1. The van der Waals surface area contributed by atoms with E-state index < -0.39 is 10.0 Å². The molecule has 1 saturated heterocycles. The highest BCUT2D eigenvalue weighted by Crippen LogP contribution is 2.31. The summed E-state index contributed by atoms with van der Waals surface area (Å²) in [6.45, 7) is 2.49. The van der Waals surface area contributed by atoms with E-state index in [0.717, 1.165) is 42.4 Å². The van der Waals surface area contributed by atoms with Crippen molar-refractivity contribution in [3.8, 4) is 5.88 Å². The van der Waals surface area contributed by atoms with Crippen LogP contribution in [0.5, 0.6) is 5.88 Å². The standard InChI is InChI=1S/C28H30N4O3S/c33-28-26(24-11-5-6-12-25(24)30-28)27(21-9-3-1-4-10-21)29-22-13-15-23(16-14-22)31-36(34,35)20-19-32-17-7-2-8-18-32/h1,3-6,9-16,30-31,33H,2,7-8,17-20H2. The fourth-order valence-corrected chi connectivity index (χ4v) is 5.72. The van der Waals surface area contributed by atoms with Crippen molar-refractivity contribution in [3.63, 3.8) is 0 Å². The summed E-state index contributed by atoms with van der Waals surface area (Å²) >= 11 is 0. The van der Waals surface area contributed by atoms with Crippen molar-refractivity contribution in [2.24, 2.45) is 4.99 Å². The lowest BCUT2D eigenvalue weighted by molar-refractivity contribution is 0.241. The van der Waals surface area contributed by atoms with Crippen LogP contribution in [-0.4, -0.2) is 54.5 Å². The lowest BCUT2D eigenvalue weighted by Crippen LogP contribution is -2.35. The minimum atomic E-state index is -3.44. The Morgan fingerprint density at radius 3 is 2.36 bits per heavy atom. The van der Waals surface area contributed by atoms with Crippen molar-refractivity contribution in [1.29, 1.82) is 0 Å². The van der Waals surface area contributed by atoms with E-state index in [1.165, 1.54) is 6.42 Å². The Bertz CT molecular complexity index is 1460. The van der Waals surface area contributed by atoms with E-state index in [4.69, 9.17) is 4.99 Å². The van der Waals surface area contributed by atoms with Gasteiger partial charge in [0.15, 0.2) is 5.88 Å². The number of likely N-dealkylation sites (tertiary alicyclic amines) is 1. The molecule has 1 aliphatic heterocycles. The van der Waals surface area contributed by atoms with Gasteiger partial charge in [-0.15, -0.1) is 0 Å². The zero-order valence-electron chi connectivity index (χ0n) is 20.0. The van der Waals surface area contributed by atoms with Crippen molar-refractivity contribution in [2.45, 2.75) is 19.3 Å². The maximum Gasteiger partial charge on any atom is 0.233 e. The fourth-order valence-electron chi connectivity index (χ4n) is 4.62. The molecule has 3 aromatic carbocycles. The highest BCUT2D eigenvalue weighted by atomic mass is 32.2. The van der Waals surface area contributed by atoms with Crippen molar-refractivity contribution in [3.05, 3.63) is 90.0 Å². The lowest BCUT2D eigenvalue weighted by Gasteiger charge is -2.26. The minimum Gasteiger partial charge on any atom is -0.494 e. The Morgan fingerprint density at radius 2 is 1.61 bits per heavy atom. The SMILES string of the molecule is O=S(=O)(CCN1CCCCC1)Nc1ccc(N=C(c2ccccc2)c2c(O)[nH]c3ccccc23)cc1. The van der Waals surface area contributed by atoms with Gasteiger partial charge in [-0.1, -0.05) is 55.0 Å². The molecule has 1 aliphatic rings. The molecule has 0 aliphatic carbocycles. The van der Waals surface area contributed by atoms with Crippen LogP contribution in [0.2, 0.25) is 0 Å². The fraction of sp³-hybridized carbons (Fsp3) is 0.250. The van der Waals surface area contributed by atoms with Gasteiger partial charge >= 0.3 is 0 Å². The van der Waals surface area contributed by atoms with Gasteiger partial charge in [0.2, 0.25) is 10.0 Å². The number of hydrogen-bond donors (Lipinski definition) is 3. The summed E-state index contributed by atoms with van der Waals surface area (Å²) in [6, 6.07) is 24.4. The van der Waals surface area contributed by atoms with E-state index in [2.05, 4.69) is 14.6 Å². The van der Waals surface area contributed by atoms with Crippen LogP contribution in [0.4, 0.5) is 11.4 Å². The largest absolute Gasteiger partial charge is 0.494 e. The number of nitrogens with zero attached hydrogens (tertiary/aromatic N) is 2. The van der Waals surface area contributed by atoms with Crippen LogP contribution in [0, 0.1) is 0 Å². The predicted octanol–water partition coefficient (Wildman–Crippen LogP) is 5.27. The van der Waals surface area contributed by atoms with E-state index in [9.17, 15) is 13.5 Å². The molecule has 2 heterocycles. The third kappa shape index (κ3) is 5.61. The van der Waals surface area contributed by atoms with Gasteiger partial charge in [0.05, 0.1) is 22.7 Å². The predicted molar refractivity (Wildman–Crippen MR) is 146 cm³/mol. The van der Waals surface area contributed by atoms with E-state index in [1.54, 1.807) is 24.3 Å². The Hall–Kier alpha value is -3.62. The Morgan fingerprint density at radius 1 is 0.917 bits per heavy atom. The molecule has 0 amide bonds. The number of rotatable bonds is 8. The average molecular weight is 503 g/mol. The number of fused-ring (bicyclic) bond motifs is 1. The van der Waals surface area contributed by atoms with Gasteiger partial charge in [-0.2, -0.15) is 0 Å². The van der Waals surface area contributed by atoms with Crippen molar-refractivity contribution in [2.75, 3.05) is 30.1 Å². The number of anilines is 1. The second-order valence-electron chi connectivity index (χ2n) is 9.09. The van der Waals surface area contributed by atoms with Crippen molar-refractivity contribution in [1.82, 2.24) is 9.88 Å². The van der Waals surface area contributed by atoms with Crippen LogP contribution in [0.3, 0.4) is 0 Å². The van der Waals surface area contributed by atoms with Gasteiger partial charge in [0.1, 0.15) is 0 Å². The molecule has 8 heteroatoms. The first kappa shape index (κ1) is 24.1. The number of hydrogen-bond acceptors (Lipinski definition) is 5. The minimum absolute atomic E-state index is 0.0527. The van der Waals surface area contributed by atoms with E-state index in [1.807, 2.05) is 54.6 Å². The summed E-state index contributed by atoms with van der Waals surface area (Å²) in [6.07, 6.45) is 3.50. The third-order valence-electron chi connectivity index (χ3n) is 6.48. The van der Waals surface area contributed by atoms with Gasteiger partial charge in [-0.3, -0.25) is 4.72 Å². The molecule has 1 aromatic heterocycles. The molecular weight excluding hydrogens is 472 g/mol. The maximum atomic E-state index is 12.6. The molecule has 36 heavy (non-hydrogen) atoms. The van der Waals surface area contributed by atoms with Gasteiger partial charge in [-0.25, -0.2) is 13.4 Å². The third-order valence-corrected chi connectivity index (χ3v) is 7.74. The number of benzene rings is 3. The monoisotopic (exact) mass is 502 g/mol. The van der Waals surface area contributed by atoms with Crippen LogP contribution >= 0.6 is 0 Å². The first-order valence-electron chi connectivity index (χ1n) is 12.3. The summed E-state index contributed by atoms with van der Waals surface area (Å²) in [7, 11) is -3.44. The topological polar surface area (TPSA) is 97.8 Å². The van der Waals surface area contributed by atoms with Crippen LogP contribution in [0.1, 0.15) is 30.4 Å². The number of aromatic hydroxyl groups is 1. The number of nitrogens with one attached hydrogen (secondary N) is 2. The molecule has 0 saturated carbocycles. The Balaban J connectivity index is 1.39. The normalized spacial score (nSPS) is 15.3. The van der Waals surface area contributed by atoms with Gasteiger partial charge < -0.3 is 15.0 Å². The smallest absolute Gasteiger partial charge is 0.233 e. The molecule has 3 N–H and O–H groups in total. The van der Waals surface area contributed by atoms with Crippen molar-refractivity contribution < 1.29 is 13.5 Å². The average Bonchev–Trinajstić information content (AvgIpc) is 3.23. The molecular formula is C28H30N4O3S. The number of para-hydroxylation sites is 1. The number of sulfonamides is 1. The number of H-pyrrole nitrogens is 1. The highest BCUT2D eigenvalue weighted by molar-refractivity contribution is 7.92. The Kier molecular flexibility index (Phi) is 7.06. The van der Waals surface area contributed by atoms with E-state index in [0.29, 0.717) is 29.2 Å². The first-order valence-corrected chi connectivity index (χ1v) is 13.9. The molecule has 186 valence electrons. The summed E-state index contributed by atoms with van der Waals surface area (Å²) in [5.41, 5.74) is 4.08. The molecule has 5 rings (SSSR count). The van der Waals surface area contributed by atoms with Gasteiger partial charge in [0.25, 0.3) is 0 Å². The summed E-state index contributed by atoms with van der Waals surface area (Å²) in [5, 5.41) is 11.6. The molecule has 0 atom stereocenters. The molecule has 0 radical (unpaired) electrons. The molecule has 4 aromatic rings. The molecule has 1 fully saturated rings. The summed E-state index contributed by atoms with van der Waals surface area (Å²) in [5.74, 6) is 0.127. The van der Waals surface area contributed by atoms with Crippen LogP contribution in [0.15, 0.2) is 83.9 Å². The van der Waals surface area contributed by atoms with Crippen LogP contribution < -0.4 is 4.72 Å². The molecule has 0 unspecified atom stereocenters. The van der Waals surface area contributed by atoms with Crippen LogP contribution in [0.25, 0.3) is 10.9 Å². The second-order valence-corrected chi connectivity index (χ2v) is 10.9. The number of aromatic nitrogens is 1.